The maximum absolute atomic E-state index is 13.3. The summed E-state index contributed by atoms with van der Waals surface area (Å²) < 4.78 is 40.4. The van der Waals surface area contributed by atoms with Crippen molar-refractivity contribution in [3.8, 4) is 0 Å². The van der Waals surface area contributed by atoms with Crippen molar-refractivity contribution in [1.29, 1.82) is 0 Å². The highest BCUT2D eigenvalue weighted by Crippen LogP contribution is 2.24. The largest absolute Gasteiger partial charge is 0.478 e. The second kappa shape index (κ2) is 6.37. The third-order valence-electron chi connectivity index (χ3n) is 3.41. The molecule has 0 radical (unpaired) electrons. The van der Waals surface area contributed by atoms with Crippen molar-refractivity contribution in [2.75, 3.05) is 4.72 Å². The van der Waals surface area contributed by atoms with Crippen molar-refractivity contribution in [1.82, 2.24) is 0 Å². The van der Waals surface area contributed by atoms with Crippen LogP contribution in [0.25, 0.3) is 0 Å². The number of sulfonamides is 1. The average molecular weight is 337 g/mol. The fraction of sp³-hybridized carbons (Fsp3) is 0.188. The SMILES string of the molecule is CCc1ccc(NS(=O)(=O)c2cc(F)ccc2C)c(C(=O)O)c1. The van der Waals surface area contributed by atoms with Crippen LogP contribution >= 0.6 is 0 Å². The van der Waals surface area contributed by atoms with Crippen molar-refractivity contribution in [3.05, 3.63) is 58.9 Å². The Morgan fingerprint density at radius 1 is 1.22 bits per heavy atom. The van der Waals surface area contributed by atoms with Gasteiger partial charge in [-0.1, -0.05) is 19.1 Å². The highest BCUT2D eigenvalue weighted by Gasteiger charge is 2.21. The molecule has 0 aromatic heterocycles. The van der Waals surface area contributed by atoms with Crippen LogP contribution in [0.5, 0.6) is 0 Å². The molecule has 0 aliphatic carbocycles. The Hall–Kier alpha value is -2.41. The van der Waals surface area contributed by atoms with Crippen molar-refractivity contribution in [2.45, 2.75) is 25.2 Å². The minimum Gasteiger partial charge on any atom is -0.478 e. The summed E-state index contributed by atoms with van der Waals surface area (Å²) in [6, 6.07) is 7.86. The fourth-order valence-electron chi connectivity index (χ4n) is 2.14. The summed E-state index contributed by atoms with van der Waals surface area (Å²) in [4.78, 5) is 11.1. The summed E-state index contributed by atoms with van der Waals surface area (Å²) in [5.74, 6) is -1.93. The van der Waals surface area contributed by atoms with E-state index in [0.717, 1.165) is 17.7 Å². The number of hydrogen-bond donors (Lipinski definition) is 2. The molecule has 0 saturated carbocycles. The second-order valence-electron chi connectivity index (χ2n) is 5.05. The van der Waals surface area contributed by atoms with Gasteiger partial charge in [-0.2, -0.15) is 0 Å². The number of carboxylic acids is 1. The molecule has 122 valence electrons. The number of aromatic carboxylic acids is 1. The van der Waals surface area contributed by atoms with Gasteiger partial charge in [0.25, 0.3) is 10.0 Å². The minimum atomic E-state index is -4.10. The summed E-state index contributed by atoms with van der Waals surface area (Å²) >= 11 is 0. The predicted octanol–water partition coefficient (Wildman–Crippen LogP) is 3.20. The van der Waals surface area contributed by atoms with E-state index in [0.29, 0.717) is 12.0 Å². The second-order valence-corrected chi connectivity index (χ2v) is 6.70. The van der Waals surface area contributed by atoms with Crippen LogP contribution in [0.1, 0.15) is 28.4 Å². The van der Waals surface area contributed by atoms with Gasteiger partial charge in [0.1, 0.15) is 5.82 Å². The molecule has 2 aromatic rings. The van der Waals surface area contributed by atoms with Gasteiger partial charge in [-0.15, -0.1) is 0 Å². The van der Waals surface area contributed by atoms with Crippen LogP contribution in [0.3, 0.4) is 0 Å². The van der Waals surface area contributed by atoms with Gasteiger partial charge in [0.2, 0.25) is 0 Å². The number of halogens is 1. The predicted molar refractivity (Wildman–Crippen MR) is 84.7 cm³/mol. The topological polar surface area (TPSA) is 83.5 Å². The summed E-state index contributed by atoms with van der Waals surface area (Å²) in [5.41, 5.74) is 0.925. The maximum atomic E-state index is 13.3. The molecule has 7 heteroatoms. The van der Waals surface area contributed by atoms with E-state index in [2.05, 4.69) is 4.72 Å². The molecular formula is C16H16FNO4S. The molecule has 23 heavy (non-hydrogen) atoms. The lowest BCUT2D eigenvalue weighted by Crippen LogP contribution is -2.17. The molecule has 0 amide bonds. The first-order chi connectivity index (χ1) is 10.7. The molecule has 2 aromatic carbocycles. The van der Waals surface area contributed by atoms with Gasteiger partial charge in [0, 0.05) is 0 Å². The zero-order chi connectivity index (χ0) is 17.2. The summed E-state index contributed by atoms with van der Waals surface area (Å²) in [5, 5.41) is 9.26. The van der Waals surface area contributed by atoms with Crippen LogP contribution in [-0.2, 0) is 16.4 Å². The molecule has 0 fully saturated rings. The number of rotatable bonds is 5. The van der Waals surface area contributed by atoms with Crippen molar-refractivity contribution in [3.63, 3.8) is 0 Å². The molecule has 5 nitrogen and oxygen atoms in total. The number of nitrogens with one attached hydrogen (secondary N) is 1. The van der Waals surface area contributed by atoms with E-state index < -0.39 is 21.8 Å². The first-order valence-electron chi connectivity index (χ1n) is 6.90. The third kappa shape index (κ3) is 3.68. The Bertz CT molecular complexity index is 862. The van der Waals surface area contributed by atoms with Gasteiger partial charge >= 0.3 is 5.97 Å². The Kier molecular flexibility index (Phi) is 4.70. The summed E-state index contributed by atoms with van der Waals surface area (Å²) in [7, 11) is -4.10. The number of hydrogen-bond acceptors (Lipinski definition) is 3. The first-order valence-corrected chi connectivity index (χ1v) is 8.38. The number of anilines is 1. The van der Waals surface area contributed by atoms with Crippen molar-refractivity contribution >= 4 is 21.7 Å². The molecule has 2 rings (SSSR count). The van der Waals surface area contributed by atoms with E-state index in [-0.39, 0.29) is 16.1 Å². The molecular weight excluding hydrogens is 321 g/mol. The smallest absolute Gasteiger partial charge is 0.337 e. The summed E-state index contributed by atoms with van der Waals surface area (Å²) in [6.07, 6.45) is 0.621. The molecule has 0 atom stereocenters. The van der Waals surface area contributed by atoms with Gasteiger partial charge in [0.05, 0.1) is 16.1 Å². The number of carboxylic acid groups (broad SMARTS) is 1. The van der Waals surface area contributed by atoms with E-state index in [1.54, 1.807) is 6.07 Å². The normalized spacial score (nSPS) is 11.3. The molecule has 0 bridgehead atoms. The Morgan fingerprint density at radius 3 is 2.52 bits per heavy atom. The first kappa shape index (κ1) is 17.0. The lowest BCUT2D eigenvalue weighted by Gasteiger charge is -2.13. The van der Waals surface area contributed by atoms with Crippen LogP contribution in [0.15, 0.2) is 41.3 Å². The van der Waals surface area contributed by atoms with E-state index in [9.17, 15) is 22.7 Å². The highest BCUT2D eigenvalue weighted by atomic mass is 32.2. The number of aryl methyl sites for hydroxylation is 2. The van der Waals surface area contributed by atoms with E-state index in [1.165, 1.54) is 25.1 Å². The third-order valence-corrected chi connectivity index (χ3v) is 4.91. The zero-order valence-corrected chi connectivity index (χ0v) is 13.4. The molecule has 0 saturated heterocycles. The molecule has 0 spiro atoms. The van der Waals surface area contributed by atoms with Crippen LogP contribution in [0, 0.1) is 12.7 Å². The Morgan fingerprint density at radius 2 is 1.91 bits per heavy atom. The van der Waals surface area contributed by atoms with E-state index in [1.807, 2.05) is 6.92 Å². The molecule has 0 heterocycles. The molecule has 2 N–H and O–H groups in total. The lowest BCUT2D eigenvalue weighted by atomic mass is 10.1. The zero-order valence-electron chi connectivity index (χ0n) is 12.6. The van der Waals surface area contributed by atoms with Gasteiger partial charge in [0.15, 0.2) is 0 Å². The van der Waals surface area contributed by atoms with Gasteiger partial charge in [-0.25, -0.2) is 17.6 Å². The fourth-order valence-corrected chi connectivity index (χ4v) is 3.48. The van der Waals surface area contributed by atoms with Gasteiger partial charge < -0.3 is 5.11 Å². The average Bonchev–Trinajstić information content (AvgIpc) is 2.49. The van der Waals surface area contributed by atoms with Crippen molar-refractivity contribution in [2.24, 2.45) is 0 Å². The van der Waals surface area contributed by atoms with Gasteiger partial charge in [-0.3, -0.25) is 4.72 Å². The highest BCUT2D eigenvalue weighted by molar-refractivity contribution is 7.92. The van der Waals surface area contributed by atoms with Crippen LogP contribution in [-0.4, -0.2) is 19.5 Å². The molecule has 0 aliphatic heterocycles. The standard InChI is InChI=1S/C16H16FNO4S/c1-3-11-5-7-14(13(8-11)16(19)20)18-23(21,22)15-9-12(17)6-4-10(15)2/h4-9,18H,3H2,1-2H3,(H,19,20). The Labute approximate surface area is 133 Å². The molecule has 0 aliphatic rings. The minimum absolute atomic E-state index is 0.0571. The van der Waals surface area contributed by atoms with Crippen LogP contribution in [0.4, 0.5) is 10.1 Å². The summed E-state index contributed by atoms with van der Waals surface area (Å²) in [6.45, 7) is 3.40. The monoisotopic (exact) mass is 337 g/mol. The maximum Gasteiger partial charge on any atom is 0.337 e. The van der Waals surface area contributed by atoms with E-state index >= 15 is 0 Å². The quantitative estimate of drug-likeness (QED) is 0.877. The number of benzene rings is 2. The lowest BCUT2D eigenvalue weighted by molar-refractivity contribution is 0.0698. The number of carbonyl (C=O) groups is 1. The van der Waals surface area contributed by atoms with Crippen molar-refractivity contribution < 1.29 is 22.7 Å². The van der Waals surface area contributed by atoms with Gasteiger partial charge in [-0.05, 0) is 48.7 Å². The van der Waals surface area contributed by atoms with Crippen LogP contribution < -0.4 is 4.72 Å². The molecule has 0 unspecified atom stereocenters. The van der Waals surface area contributed by atoms with Crippen LogP contribution in [0.2, 0.25) is 0 Å². The van der Waals surface area contributed by atoms with E-state index in [4.69, 9.17) is 0 Å². The Balaban J connectivity index is 2.49.